The molecule has 0 radical (unpaired) electrons. The molecule has 0 aromatic heterocycles. The second-order valence-corrected chi connectivity index (χ2v) is 28.4. The first-order chi connectivity index (χ1) is 21.8. The maximum absolute atomic E-state index is 13.3. The van der Waals surface area contributed by atoms with Crippen molar-refractivity contribution in [3.05, 3.63) is 47.1 Å². The second-order valence-electron chi connectivity index (χ2n) is 18.9. The lowest BCUT2D eigenvalue weighted by Gasteiger charge is -2.51. The molecule has 0 heterocycles. The summed E-state index contributed by atoms with van der Waals surface area (Å²) in [6, 6.07) is 0. The molecule has 0 aromatic carbocycles. The summed E-state index contributed by atoms with van der Waals surface area (Å²) in [7, 11) is -4.57. The first-order valence-corrected chi connectivity index (χ1v) is 24.7. The van der Waals surface area contributed by atoms with Crippen molar-refractivity contribution >= 4 is 22.6 Å². The molecule has 3 aliphatic carbocycles. The molecule has 1 unspecified atom stereocenters. The number of carbonyl (C=O) groups is 1. The molecule has 48 heavy (non-hydrogen) atoms. The minimum absolute atomic E-state index is 0.0219. The normalized spacial score (nSPS) is 29.3. The molecule has 0 aliphatic heterocycles. The third-order valence-corrected chi connectivity index (χ3v) is 21.5. The van der Waals surface area contributed by atoms with E-state index in [0.717, 1.165) is 43.3 Å². The average Bonchev–Trinajstić information content (AvgIpc) is 3.27. The van der Waals surface area contributed by atoms with Crippen LogP contribution in [0, 0.1) is 11.3 Å². The zero-order valence-corrected chi connectivity index (χ0v) is 35.7. The van der Waals surface area contributed by atoms with Gasteiger partial charge < -0.3 is 18.3 Å². The Morgan fingerprint density at radius 3 is 2.19 bits per heavy atom. The number of ether oxygens (including phenoxy) is 2. The molecule has 4 atom stereocenters. The van der Waals surface area contributed by atoms with Crippen LogP contribution in [-0.2, 0) is 23.1 Å². The Kier molecular flexibility index (Phi) is 12.7. The van der Waals surface area contributed by atoms with Gasteiger partial charge in [-0.2, -0.15) is 0 Å². The van der Waals surface area contributed by atoms with Gasteiger partial charge in [0.25, 0.3) is 0 Å². The van der Waals surface area contributed by atoms with E-state index in [0.29, 0.717) is 18.8 Å². The van der Waals surface area contributed by atoms with E-state index in [4.69, 9.17) is 18.3 Å². The largest absolute Gasteiger partial charge is 0.458 e. The van der Waals surface area contributed by atoms with Crippen molar-refractivity contribution in [3.8, 4) is 0 Å². The Morgan fingerprint density at radius 1 is 1.00 bits per heavy atom. The fourth-order valence-corrected chi connectivity index (χ4v) is 10.3. The van der Waals surface area contributed by atoms with E-state index in [-0.39, 0.29) is 34.2 Å². The van der Waals surface area contributed by atoms with Gasteiger partial charge in [-0.05, 0) is 111 Å². The number of esters is 1. The van der Waals surface area contributed by atoms with Crippen LogP contribution in [0.4, 0.5) is 0 Å². The average molecular weight is 701 g/mol. The molecule has 274 valence electrons. The molecule has 0 bridgehead atoms. The molecule has 5 nitrogen and oxygen atoms in total. The van der Waals surface area contributed by atoms with Crippen molar-refractivity contribution in [1.29, 1.82) is 0 Å². The van der Waals surface area contributed by atoms with Crippen molar-refractivity contribution in [2.75, 3.05) is 6.61 Å². The van der Waals surface area contributed by atoms with E-state index in [1.165, 1.54) is 18.4 Å². The van der Waals surface area contributed by atoms with Crippen LogP contribution in [0.25, 0.3) is 0 Å². The van der Waals surface area contributed by atoms with Crippen LogP contribution < -0.4 is 0 Å². The third-order valence-electron chi connectivity index (χ3n) is 12.5. The summed E-state index contributed by atoms with van der Waals surface area (Å²) in [4.78, 5) is 13.3. The minimum Gasteiger partial charge on any atom is -0.458 e. The van der Waals surface area contributed by atoms with Crippen LogP contribution in [0.15, 0.2) is 47.1 Å². The predicted molar refractivity (Wildman–Crippen MR) is 207 cm³/mol. The quantitative estimate of drug-likeness (QED) is 0.0878. The molecule has 0 aromatic rings. The molecule has 2 saturated carbocycles. The monoisotopic (exact) mass is 700 g/mol. The van der Waals surface area contributed by atoms with Gasteiger partial charge in [0.2, 0.25) is 0 Å². The molecule has 3 aliphatic rings. The van der Waals surface area contributed by atoms with Gasteiger partial charge in [0.05, 0.1) is 6.10 Å². The zero-order valence-electron chi connectivity index (χ0n) is 33.7. The highest BCUT2D eigenvalue weighted by Crippen LogP contribution is 2.56. The first-order valence-electron chi connectivity index (χ1n) is 18.8. The molecule has 0 spiro atoms. The number of hydrogen-bond donors (Lipinski definition) is 0. The topological polar surface area (TPSA) is 54.0 Å². The van der Waals surface area contributed by atoms with Crippen LogP contribution in [-0.4, -0.2) is 46.7 Å². The van der Waals surface area contributed by atoms with Gasteiger partial charge in [-0.25, -0.2) is 4.79 Å². The van der Waals surface area contributed by atoms with Crippen LogP contribution in [0.1, 0.15) is 134 Å². The summed E-state index contributed by atoms with van der Waals surface area (Å²) in [6.07, 6.45) is 15.5. The highest BCUT2D eigenvalue weighted by molar-refractivity contribution is 6.74. The van der Waals surface area contributed by atoms with Gasteiger partial charge in [-0.15, -0.1) is 0 Å². The van der Waals surface area contributed by atoms with E-state index in [1.54, 1.807) is 5.57 Å². The standard InChI is InChI=1S/C41H72O5Si2/c1-17-25-39(10,11)44-36(42)29-43-41(46-48(15,16)38(7,8)9)27-32(30(3)35(28-41)45-47(13,14)37(4,5)6)22-21-31-20-19-26-40(12)33(18-2)23-24-34(31)40/h21-23,34-35H,3,17-20,24-29H2,1-2,4-16H3/t34-,35?,40+,41-/m0/s1. The highest BCUT2D eigenvalue weighted by Gasteiger charge is 2.52. The van der Waals surface area contributed by atoms with E-state index >= 15 is 0 Å². The Labute approximate surface area is 297 Å². The summed E-state index contributed by atoms with van der Waals surface area (Å²) in [5.41, 5.74) is 4.99. The minimum atomic E-state index is -2.37. The molecule has 3 rings (SSSR count). The van der Waals surface area contributed by atoms with Crippen molar-refractivity contribution in [1.82, 2.24) is 0 Å². The van der Waals surface area contributed by atoms with Gasteiger partial charge in [-0.1, -0.05) is 105 Å². The van der Waals surface area contributed by atoms with Crippen molar-refractivity contribution in [3.63, 3.8) is 0 Å². The van der Waals surface area contributed by atoms with Crippen molar-refractivity contribution < 1.29 is 23.1 Å². The lowest BCUT2D eigenvalue weighted by Crippen LogP contribution is -2.56. The van der Waals surface area contributed by atoms with Crippen molar-refractivity contribution in [2.24, 2.45) is 11.3 Å². The molecule has 0 saturated heterocycles. The SMILES string of the molecule is C=C1C(=CC=C2CCC[C@]3(C)C(CC)=CC[C@@H]23)C[C@](OCC(=O)OC(C)(C)CCC)(O[Si](C)(C)C(C)(C)C)CC1O[Si](C)(C)C(C)(C)C. The molecule has 7 heteroatoms. The van der Waals surface area contributed by atoms with Crippen molar-refractivity contribution in [2.45, 2.75) is 188 Å². The second kappa shape index (κ2) is 14.8. The lowest BCUT2D eigenvalue weighted by atomic mass is 9.64. The number of hydrogen-bond acceptors (Lipinski definition) is 5. The fraction of sp³-hybridized carbons (Fsp3) is 0.780. The molecule has 0 N–H and O–H groups in total. The molecular formula is C41H72O5Si2. The maximum atomic E-state index is 13.3. The van der Waals surface area contributed by atoms with Gasteiger partial charge in [0.15, 0.2) is 22.4 Å². The lowest BCUT2D eigenvalue weighted by molar-refractivity contribution is -0.219. The van der Waals surface area contributed by atoms with Crippen LogP contribution in [0.3, 0.4) is 0 Å². The maximum Gasteiger partial charge on any atom is 0.332 e. The molecule has 0 amide bonds. The van der Waals surface area contributed by atoms with Crippen LogP contribution in [0.5, 0.6) is 0 Å². The summed E-state index contributed by atoms with van der Waals surface area (Å²) < 4.78 is 27.2. The first kappa shape index (κ1) is 41.2. The fourth-order valence-electron chi connectivity index (χ4n) is 7.58. The van der Waals surface area contributed by atoms with Gasteiger partial charge in [-0.3, -0.25) is 0 Å². The number of carbonyl (C=O) groups excluding carboxylic acids is 1. The summed E-state index contributed by atoms with van der Waals surface area (Å²) in [5, 5.41) is -0.0316. The van der Waals surface area contributed by atoms with Gasteiger partial charge >= 0.3 is 5.97 Å². The van der Waals surface area contributed by atoms with E-state index in [9.17, 15) is 4.79 Å². The molecular weight excluding hydrogens is 629 g/mol. The Hall–Kier alpha value is -1.26. The Balaban J connectivity index is 2.10. The van der Waals surface area contributed by atoms with Gasteiger partial charge in [0.1, 0.15) is 12.2 Å². The number of rotatable bonds is 12. The zero-order chi connectivity index (χ0) is 36.6. The van der Waals surface area contributed by atoms with Gasteiger partial charge in [0, 0.05) is 12.8 Å². The Bertz CT molecular complexity index is 1270. The number of fused-ring (bicyclic) bond motifs is 1. The number of allylic oxidation sites excluding steroid dienone is 5. The van der Waals surface area contributed by atoms with E-state index in [2.05, 4.69) is 113 Å². The van der Waals surface area contributed by atoms with E-state index in [1.807, 2.05) is 13.8 Å². The predicted octanol–water partition coefficient (Wildman–Crippen LogP) is 12.0. The van der Waals surface area contributed by atoms with Crippen LogP contribution in [0.2, 0.25) is 36.3 Å². The third kappa shape index (κ3) is 9.34. The van der Waals surface area contributed by atoms with E-state index < -0.39 is 28.0 Å². The highest BCUT2D eigenvalue weighted by atomic mass is 28.4. The summed E-state index contributed by atoms with van der Waals surface area (Å²) in [5.74, 6) is -0.839. The Morgan fingerprint density at radius 2 is 1.62 bits per heavy atom. The van der Waals surface area contributed by atoms with Crippen LogP contribution >= 0.6 is 0 Å². The smallest absolute Gasteiger partial charge is 0.332 e. The molecule has 2 fully saturated rings. The summed E-state index contributed by atoms with van der Waals surface area (Å²) >= 11 is 0. The summed E-state index contributed by atoms with van der Waals surface area (Å²) in [6.45, 7) is 38.0.